The molecule has 0 bridgehead atoms. The number of nitrogens with zero attached hydrogens (tertiary/aromatic N) is 1. The van der Waals surface area contributed by atoms with Crippen molar-refractivity contribution in [3.63, 3.8) is 0 Å². The topological polar surface area (TPSA) is 34.1 Å². The summed E-state index contributed by atoms with van der Waals surface area (Å²) in [5, 5.41) is 5.49. The van der Waals surface area contributed by atoms with Crippen molar-refractivity contribution in [2.75, 3.05) is 0 Å². The van der Waals surface area contributed by atoms with Gasteiger partial charge in [-0.2, -0.15) is 0 Å². The van der Waals surface area contributed by atoms with Crippen molar-refractivity contribution >= 4 is 27.3 Å². The Bertz CT molecular complexity index is 549. The fraction of sp³-hybridized carbons (Fsp3) is 0.400. The van der Waals surface area contributed by atoms with Crippen molar-refractivity contribution in [2.45, 2.75) is 39.5 Å². The van der Waals surface area contributed by atoms with E-state index in [0.29, 0.717) is 6.61 Å². The minimum atomic E-state index is 0.0779. The van der Waals surface area contributed by atoms with Gasteiger partial charge in [-0.25, -0.2) is 4.98 Å². The Morgan fingerprint density at radius 2 is 2.15 bits per heavy atom. The molecule has 0 aliphatic carbocycles. The van der Waals surface area contributed by atoms with Gasteiger partial charge in [-0.3, -0.25) is 0 Å². The molecule has 1 aromatic carbocycles. The lowest BCUT2D eigenvalue weighted by Gasteiger charge is -2.21. The number of hydrogen-bond donors (Lipinski definition) is 1. The molecule has 0 atom stereocenters. The molecular weight excluding hydrogens is 336 g/mol. The lowest BCUT2D eigenvalue weighted by molar-refractivity contribution is 0.296. The Balaban J connectivity index is 2.07. The van der Waals surface area contributed by atoms with Gasteiger partial charge >= 0.3 is 0 Å². The van der Waals surface area contributed by atoms with E-state index in [-0.39, 0.29) is 5.54 Å². The van der Waals surface area contributed by atoms with E-state index in [1.807, 2.05) is 23.0 Å². The highest BCUT2D eigenvalue weighted by Crippen LogP contribution is 2.24. The van der Waals surface area contributed by atoms with Gasteiger partial charge in [0.05, 0.1) is 11.2 Å². The zero-order valence-electron chi connectivity index (χ0n) is 11.9. The molecule has 108 valence electrons. The number of halogens is 1. The minimum absolute atomic E-state index is 0.0779. The molecule has 0 spiro atoms. The third-order valence-electron chi connectivity index (χ3n) is 2.69. The largest absolute Gasteiger partial charge is 0.487 e. The third-order valence-corrected chi connectivity index (χ3v) is 3.82. The highest BCUT2D eigenvalue weighted by molar-refractivity contribution is 9.10. The number of ether oxygens (including phenoxy) is 1. The second-order valence-electron chi connectivity index (χ2n) is 5.62. The number of nitrogens with one attached hydrogen (secondary N) is 1. The van der Waals surface area contributed by atoms with Crippen LogP contribution in [0.3, 0.4) is 0 Å². The number of rotatable bonds is 5. The molecule has 2 aromatic rings. The summed E-state index contributed by atoms with van der Waals surface area (Å²) < 4.78 is 6.94. The molecule has 20 heavy (non-hydrogen) atoms. The summed E-state index contributed by atoms with van der Waals surface area (Å²) in [5.74, 6) is 0.901. The van der Waals surface area contributed by atoms with Crippen LogP contribution in [0.25, 0.3) is 0 Å². The molecule has 0 aliphatic rings. The Morgan fingerprint density at radius 3 is 2.80 bits per heavy atom. The predicted molar refractivity (Wildman–Crippen MR) is 87.2 cm³/mol. The van der Waals surface area contributed by atoms with Crippen LogP contribution in [0.5, 0.6) is 5.75 Å². The Kier molecular flexibility index (Phi) is 5.18. The van der Waals surface area contributed by atoms with Gasteiger partial charge < -0.3 is 10.1 Å². The van der Waals surface area contributed by atoms with E-state index in [2.05, 4.69) is 53.1 Å². The molecule has 1 N–H and O–H groups in total. The summed E-state index contributed by atoms with van der Waals surface area (Å²) in [6.45, 7) is 7.74. The highest BCUT2D eigenvalue weighted by Gasteiger charge is 2.11. The monoisotopic (exact) mass is 354 g/mol. The van der Waals surface area contributed by atoms with Gasteiger partial charge in [0.15, 0.2) is 0 Å². The summed E-state index contributed by atoms with van der Waals surface area (Å²) in [6.07, 6.45) is 0. The van der Waals surface area contributed by atoms with Crippen molar-refractivity contribution in [1.82, 2.24) is 10.3 Å². The molecule has 1 heterocycles. The molecule has 3 nitrogen and oxygen atoms in total. The quantitative estimate of drug-likeness (QED) is 0.865. The first kappa shape index (κ1) is 15.5. The Hall–Kier alpha value is -0.910. The number of aromatic nitrogens is 1. The molecule has 0 radical (unpaired) electrons. The number of benzene rings is 1. The second-order valence-corrected chi connectivity index (χ2v) is 7.26. The third kappa shape index (κ3) is 4.89. The summed E-state index contributed by atoms with van der Waals surface area (Å²) in [5.41, 5.74) is 4.01. The van der Waals surface area contributed by atoms with E-state index in [1.54, 1.807) is 11.3 Å². The molecule has 0 amide bonds. The van der Waals surface area contributed by atoms with Gasteiger partial charge in [-0.05, 0) is 39.0 Å². The molecule has 0 saturated heterocycles. The van der Waals surface area contributed by atoms with E-state index in [4.69, 9.17) is 4.74 Å². The Labute approximate surface area is 132 Å². The van der Waals surface area contributed by atoms with Gasteiger partial charge in [0.1, 0.15) is 12.4 Å². The van der Waals surface area contributed by atoms with Crippen molar-refractivity contribution in [3.8, 4) is 5.75 Å². The maximum absolute atomic E-state index is 5.89. The van der Waals surface area contributed by atoms with Crippen LogP contribution in [0.1, 0.15) is 32.0 Å². The van der Waals surface area contributed by atoms with Crippen molar-refractivity contribution in [1.29, 1.82) is 0 Å². The first-order valence-corrected chi connectivity index (χ1v) is 8.21. The van der Waals surface area contributed by atoms with Gasteiger partial charge in [0.25, 0.3) is 0 Å². The lowest BCUT2D eigenvalue weighted by atomic mass is 10.1. The molecule has 0 fully saturated rings. The van der Waals surface area contributed by atoms with E-state index in [1.165, 1.54) is 0 Å². The van der Waals surface area contributed by atoms with Crippen LogP contribution in [-0.2, 0) is 13.2 Å². The van der Waals surface area contributed by atoms with Gasteiger partial charge in [0.2, 0.25) is 0 Å². The minimum Gasteiger partial charge on any atom is -0.487 e. The van der Waals surface area contributed by atoms with Crippen LogP contribution in [-0.4, -0.2) is 10.5 Å². The van der Waals surface area contributed by atoms with E-state index in [0.717, 1.165) is 28.0 Å². The average Bonchev–Trinajstić information content (AvgIpc) is 2.87. The summed E-state index contributed by atoms with van der Waals surface area (Å²) in [7, 11) is 0. The zero-order chi connectivity index (χ0) is 14.6. The van der Waals surface area contributed by atoms with E-state index in [9.17, 15) is 0 Å². The second kappa shape index (κ2) is 6.70. The van der Waals surface area contributed by atoms with E-state index < -0.39 is 0 Å². The smallest absolute Gasteiger partial charge is 0.131 e. The van der Waals surface area contributed by atoms with Crippen LogP contribution in [0.4, 0.5) is 0 Å². The van der Waals surface area contributed by atoms with Crippen LogP contribution >= 0.6 is 27.3 Å². The molecule has 0 aliphatic heterocycles. The fourth-order valence-electron chi connectivity index (χ4n) is 1.65. The van der Waals surface area contributed by atoms with Gasteiger partial charge in [0, 0.05) is 27.5 Å². The lowest BCUT2D eigenvalue weighted by Crippen LogP contribution is -2.35. The van der Waals surface area contributed by atoms with Crippen molar-refractivity contribution < 1.29 is 4.74 Å². The maximum atomic E-state index is 5.89. The van der Waals surface area contributed by atoms with Crippen molar-refractivity contribution in [2.24, 2.45) is 0 Å². The standard InChI is InChI=1S/C15H19BrN2OS/c1-15(2,3)18-7-11-6-12(16)4-5-14(11)19-8-13-9-20-10-17-13/h4-6,9-10,18H,7-8H2,1-3H3. The number of thiazole rings is 1. The molecule has 1 aromatic heterocycles. The normalized spacial score (nSPS) is 11.6. The fourth-order valence-corrected chi connectivity index (χ4v) is 2.60. The Morgan fingerprint density at radius 1 is 1.35 bits per heavy atom. The molecule has 0 unspecified atom stereocenters. The SMILES string of the molecule is CC(C)(C)NCc1cc(Br)ccc1OCc1cscn1. The van der Waals surface area contributed by atoms with E-state index >= 15 is 0 Å². The number of hydrogen-bond acceptors (Lipinski definition) is 4. The molecule has 0 saturated carbocycles. The maximum Gasteiger partial charge on any atom is 0.131 e. The average molecular weight is 355 g/mol. The van der Waals surface area contributed by atoms with Crippen LogP contribution in [0, 0.1) is 0 Å². The van der Waals surface area contributed by atoms with Gasteiger partial charge in [-0.15, -0.1) is 11.3 Å². The molecular formula is C15H19BrN2OS. The first-order chi connectivity index (χ1) is 9.44. The molecule has 2 rings (SSSR count). The zero-order valence-corrected chi connectivity index (χ0v) is 14.3. The highest BCUT2D eigenvalue weighted by atomic mass is 79.9. The van der Waals surface area contributed by atoms with Crippen LogP contribution in [0.15, 0.2) is 33.6 Å². The predicted octanol–water partition coefficient (Wildman–Crippen LogP) is 4.37. The first-order valence-electron chi connectivity index (χ1n) is 6.47. The molecule has 5 heteroatoms. The summed E-state index contributed by atoms with van der Waals surface area (Å²) in [4.78, 5) is 4.23. The van der Waals surface area contributed by atoms with Crippen LogP contribution < -0.4 is 10.1 Å². The van der Waals surface area contributed by atoms with Crippen molar-refractivity contribution in [3.05, 3.63) is 44.8 Å². The summed E-state index contributed by atoms with van der Waals surface area (Å²) in [6, 6.07) is 6.09. The van der Waals surface area contributed by atoms with Gasteiger partial charge in [-0.1, -0.05) is 15.9 Å². The summed E-state index contributed by atoms with van der Waals surface area (Å²) >= 11 is 5.10. The van der Waals surface area contributed by atoms with Crippen LogP contribution in [0.2, 0.25) is 0 Å².